The van der Waals surface area contributed by atoms with Crippen LogP contribution in [0, 0.1) is 28.6 Å². The molecule has 24 heavy (non-hydrogen) atoms. The first-order valence-electron chi connectivity index (χ1n) is 9.13. The van der Waals surface area contributed by atoms with Crippen LogP contribution in [0.2, 0.25) is 0 Å². The summed E-state index contributed by atoms with van der Waals surface area (Å²) in [5.74, 6) is 0.349. The summed E-state index contributed by atoms with van der Waals surface area (Å²) in [4.78, 5) is 12.7. The second kappa shape index (κ2) is 4.73. The summed E-state index contributed by atoms with van der Waals surface area (Å²) in [5.41, 5.74) is -1.78. The van der Waals surface area contributed by atoms with Crippen LogP contribution in [0.3, 0.4) is 0 Å². The molecular weight excluding hydrogens is 304 g/mol. The Bertz CT molecular complexity index is 627. The lowest BCUT2D eigenvalue weighted by molar-refractivity contribution is -0.267. The summed E-state index contributed by atoms with van der Waals surface area (Å²) in [6.07, 6.45) is 4.34. The predicted octanol–water partition coefficient (Wildman–Crippen LogP) is 2.60. The third-order valence-electron chi connectivity index (χ3n) is 8.19. The van der Waals surface area contributed by atoms with E-state index in [2.05, 4.69) is 20.1 Å². The zero-order valence-corrected chi connectivity index (χ0v) is 14.6. The molecule has 0 radical (unpaired) electrons. The Kier molecular flexibility index (Phi) is 3.22. The molecule has 4 aliphatic rings. The summed E-state index contributed by atoms with van der Waals surface area (Å²) in [6, 6.07) is 0. The van der Waals surface area contributed by atoms with E-state index in [9.17, 15) is 15.0 Å². The maximum absolute atomic E-state index is 12.7. The fourth-order valence-corrected chi connectivity index (χ4v) is 6.75. The van der Waals surface area contributed by atoms with Crippen molar-refractivity contribution >= 4 is 5.97 Å². The van der Waals surface area contributed by atoms with Gasteiger partial charge in [-0.05, 0) is 50.9 Å². The second-order valence-electron chi connectivity index (χ2n) is 8.80. The first kappa shape index (κ1) is 16.3. The number of allylic oxidation sites excluding steroid dienone is 2. The zero-order valence-electron chi connectivity index (χ0n) is 14.6. The van der Waals surface area contributed by atoms with Gasteiger partial charge in [-0.25, -0.2) is 0 Å². The molecular formula is C20H28O4. The molecule has 2 N–H and O–H groups in total. The van der Waals surface area contributed by atoms with Crippen LogP contribution in [0.1, 0.15) is 46.0 Å². The average molecular weight is 332 g/mol. The van der Waals surface area contributed by atoms with Gasteiger partial charge < -0.3 is 14.9 Å². The van der Waals surface area contributed by atoms with E-state index in [0.717, 1.165) is 12.8 Å². The quantitative estimate of drug-likeness (QED) is 0.572. The van der Waals surface area contributed by atoms with Crippen molar-refractivity contribution in [1.82, 2.24) is 0 Å². The van der Waals surface area contributed by atoms with Crippen molar-refractivity contribution in [3.63, 3.8) is 0 Å². The maximum atomic E-state index is 12.7. The smallest absolute Gasteiger partial charge is 0.317 e. The van der Waals surface area contributed by atoms with E-state index < -0.39 is 34.6 Å². The standard InChI is InChI=1S/C20H28O4/c1-5-12-11(2)6-7-14-13(12)10-16-20(23)18(14,3)9-8-15(21)19(20,4)17(22)24-16/h5,12-16,21,23H,1-2,6-10H2,3-4H3/t12-,13+,14+,15+,16-,18-,19-,20+/m1/s1. The number of hydrogen-bond donors (Lipinski definition) is 2. The Morgan fingerprint density at radius 3 is 2.71 bits per heavy atom. The van der Waals surface area contributed by atoms with Gasteiger partial charge in [0.05, 0.1) is 6.10 Å². The SMILES string of the molecule is C=C[C@@H]1C(=C)CC[C@H]2[C@H]1C[C@H]1OC(=O)[C@@]3(C)[C@@H](O)CC[C@@]2(C)[C@@]13O. The summed E-state index contributed by atoms with van der Waals surface area (Å²) in [5, 5.41) is 22.4. The van der Waals surface area contributed by atoms with Gasteiger partial charge in [0.15, 0.2) is 0 Å². The van der Waals surface area contributed by atoms with Gasteiger partial charge in [-0.15, -0.1) is 6.58 Å². The lowest BCUT2D eigenvalue weighted by atomic mass is 9.40. The highest BCUT2D eigenvalue weighted by Crippen LogP contribution is 2.69. The predicted molar refractivity (Wildman–Crippen MR) is 89.9 cm³/mol. The molecule has 1 aliphatic heterocycles. The number of fused-ring (bicyclic) bond motifs is 2. The molecule has 4 fully saturated rings. The van der Waals surface area contributed by atoms with Crippen molar-refractivity contribution in [3.8, 4) is 0 Å². The highest BCUT2D eigenvalue weighted by atomic mass is 16.6. The highest BCUT2D eigenvalue weighted by Gasteiger charge is 2.79. The van der Waals surface area contributed by atoms with Gasteiger partial charge >= 0.3 is 5.97 Å². The molecule has 0 bridgehead atoms. The summed E-state index contributed by atoms with van der Waals surface area (Å²) >= 11 is 0. The molecule has 0 aromatic carbocycles. The highest BCUT2D eigenvalue weighted by molar-refractivity contribution is 5.82. The molecule has 132 valence electrons. The molecule has 0 unspecified atom stereocenters. The van der Waals surface area contributed by atoms with Crippen LogP contribution in [0.5, 0.6) is 0 Å². The number of rotatable bonds is 1. The van der Waals surface area contributed by atoms with Crippen molar-refractivity contribution in [2.75, 3.05) is 0 Å². The van der Waals surface area contributed by atoms with Gasteiger partial charge in [0.2, 0.25) is 0 Å². The van der Waals surface area contributed by atoms with Crippen LogP contribution in [-0.4, -0.2) is 34.0 Å². The van der Waals surface area contributed by atoms with Gasteiger partial charge in [-0.2, -0.15) is 0 Å². The van der Waals surface area contributed by atoms with Gasteiger partial charge in [0.1, 0.15) is 17.1 Å². The normalized spacial score (nSPS) is 56.2. The number of ether oxygens (including phenoxy) is 1. The van der Waals surface area contributed by atoms with Gasteiger partial charge in [-0.1, -0.05) is 25.2 Å². The molecule has 3 saturated carbocycles. The molecule has 4 rings (SSSR count). The van der Waals surface area contributed by atoms with Crippen molar-refractivity contribution in [3.05, 3.63) is 24.8 Å². The van der Waals surface area contributed by atoms with Crippen molar-refractivity contribution in [2.24, 2.45) is 28.6 Å². The molecule has 4 nitrogen and oxygen atoms in total. The van der Waals surface area contributed by atoms with Crippen LogP contribution in [0.25, 0.3) is 0 Å². The molecule has 0 spiro atoms. The van der Waals surface area contributed by atoms with E-state index in [1.807, 2.05) is 6.08 Å². The van der Waals surface area contributed by atoms with E-state index in [4.69, 9.17) is 4.74 Å². The number of hydrogen-bond acceptors (Lipinski definition) is 4. The van der Waals surface area contributed by atoms with Crippen LogP contribution >= 0.6 is 0 Å². The van der Waals surface area contributed by atoms with Crippen LogP contribution in [-0.2, 0) is 9.53 Å². The Balaban J connectivity index is 1.87. The molecule has 1 saturated heterocycles. The Morgan fingerprint density at radius 1 is 1.33 bits per heavy atom. The molecule has 0 amide bonds. The Morgan fingerprint density at radius 2 is 2.04 bits per heavy atom. The summed E-state index contributed by atoms with van der Waals surface area (Å²) < 4.78 is 5.68. The van der Waals surface area contributed by atoms with Crippen molar-refractivity contribution in [1.29, 1.82) is 0 Å². The summed E-state index contributed by atoms with van der Waals surface area (Å²) in [7, 11) is 0. The number of carbonyl (C=O) groups excluding carboxylic acids is 1. The molecule has 3 aliphatic carbocycles. The number of aliphatic hydroxyl groups is 2. The Labute approximate surface area is 143 Å². The monoisotopic (exact) mass is 332 g/mol. The van der Waals surface area contributed by atoms with Gasteiger partial charge in [0, 0.05) is 11.3 Å². The Hall–Kier alpha value is -1.13. The molecule has 4 heteroatoms. The summed E-state index contributed by atoms with van der Waals surface area (Å²) in [6.45, 7) is 12.0. The maximum Gasteiger partial charge on any atom is 0.317 e. The van der Waals surface area contributed by atoms with E-state index in [0.29, 0.717) is 25.2 Å². The zero-order chi connectivity index (χ0) is 17.5. The molecule has 8 atom stereocenters. The lowest BCUT2D eigenvalue weighted by Gasteiger charge is -2.64. The third kappa shape index (κ3) is 1.51. The van der Waals surface area contributed by atoms with Crippen molar-refractivity contribution in [2.45, 2.75) is 63.8 Å². The van der Waals surface area contributed by atoms with Crippen LogP contribution < -0.4 is 0 Å². The fraction of sp³-hybridized carbons (Fsp3) is 0.750. The third-order valence-corrected chi connectivity index (χ3v) is 8.19. The average Bonchev–Trinajstić information content (AvgIpc) is 2.74. The first-order valence-corrected chi connectivity index (χ1v) is 9.13. The molecule has 0 aromatic rings. The number of carbonyl (C=O) groups is 1. The van der Waals surface area contributed by atoms with E-state index in [1.54, 1.807) is 6.92 Å². The molecule has 0 aromatic heterocycles. The number of esters is 1. The van der Waals surface area contributed by atoms with E-state index >= 15 is 0 Å². The van der Waals surface area contributed by atoms with Gasteiger partial charge in [-0.3, -0.25) is 4.79 Å². The van der Waals surface area contributed by atoms with Crippen LogP contribution in [0.15, 0.2) is 24.8 Å². The molecule has 1 heterocycles. The van der Waals surface area contributed by atoms with Crippen LogP contribution in [0.4, 0.5) is 0 Å². The fourth-order valence-electron chi connectivity index (χ4n) is 6.75. The van der Waals surface area contributed by atoms with E-state index in [-0.39, 0.29) is 11.8 Å². The van der Waals surface area contributed by atoms with E-state index in [1.165, 1.54) is 5.57 Å². The largest absolute Gasteiger partial charge is 0.459 e. The minimum absolute atomic E-state index is 0.211. The topological polar surface area (TPSA) is 66.8 Å². The minimum Gasteiger partial charge on any atom is -0.459 e. The lowest BCUT2D eigenvalue weighted by Crippen LogP contribution is -2.73. The minimum atomic E-state index is -1.31. The first-order chi connectivity index (χ1) is 11.2. The second-order valence-corrected chi connectivity index (χ2v) is 8.80. The number of aliphatic hydroxyl groups excluding tert-OH is 1. The van der Waals surface area contributed by atoms with Crippen molar-refractivity contribution < 1.29 is 19.7 Å². The van der Waals surface area contributed by atoms with Gasteiger partial charge in [0.25, 0.3) is 0 Å².